The molecule has 0 saturated carbocycles. The zero-order chi connectivity index (χ0) is 28.9. The summed E-state index contributed by atoms with van der Waals surface area (Å²) in [4.78, 5) is 15.2. The first-order chi connectivity index (χ1) is 19.0. The second-order valence-electron chi connectivity index (χ2n) is 9.66. The number of anilines is 1. The number of hydrogen-bond acceptors (Lipinski definition) is 6. The zero-order valence-corrected chi connectivity index (χ0v) is 22.7. The van der Waals surface area contributed by atoms with Gasteiger partial charge < -0.3 is 20.1 Å². The van der Waals surface area contributed by atoms with Crippen LogP contribution in [0.15, 0.2) is 77.7 Å². The molecule has 11 heteroatoms. The van der Waals surface area contributed by atoms with Crippen molar-refractivity contribution in [1.82, 2.24) is 5.32 Å². The highest BCUT2D eigenvalue weighted by Crippen LogP contribution is 2.31. The van der Waals surface area contributed by atoms with E-state index in [1.165, 1.54) is 24.3 Å². The largest absolute Gasteiger partial charge is 0.493 e. The molecule has 1 fully saturated rings. The van der Waals surface area contributed by atoms with Crippen molar-refractivity contribution in [1.29, 1.82) is 0 Å². The number of sulfone groups is 1. The topological polar surface area (TPSA) is 95.9 Å². The molecule has 1 heterocycles. The Morgan fingerprint density at radius 1 is 1.05 bits per heavy atom. The first kappa shape index (κ1) is 29.4. The number of amides is 1. The Morgan fingerprint density at radius 3 is 2.27 bits per heavy atom. The van der Waals surface area contributed by atoms with Gasteiger partial charge in [-0.3, -0.25) is 4.79 Å². The van der Waals surface area contributed by atoms with E-state index in [0.29, 0.717) is 30.0 Å². The smallest absolute Gasteiger partial charge is 0.416 e. The molecule has 2 atom stereocenters. The third-order valence-electron chi connectivity index (χ3n) is 6.96. The maximum Gasteiger partial charge on any atom is 0.416 e. The van der Waals surface area contributed by atoms with E-state index in [-0.39, 0.29) is 29.1 Å². The lowest BCUT2D eigenvalue weighted by Gasteiger charge is -2.20. The van der Waals surface area contributed by atoms with Crippen molar-refractivity contribution in [3.63, 3.8) is 0 Å². The molecule has 40 heavy (non-hydrogen) atoms. The normalized spacial score (nSPS) is 16.5. The number of alkyl halides is 3. The van der Waals surface area contributed by atoms with E-state index >= 15 is 0 Å². The maximum absolute atomic E-state index is 12.8. The maximum atomic E-state index is 12.8. The van der Waals surface area contributed by atoms with Crippen LogP contribution in [0.3, 0.4) is 0 Å². The Morgan fingerprint density at radius 2 is 1.70 bits per heavy atom. The van der Waals surface area contributed by atoms with Crippen LogP contribution in [0, 0.1) is 5.92 Å². The second kappa shape index (κ2) is 12.3. The number of hydrogen-bond donors (Lipinski definition) is 2. The third kappa shape index (κ3) is 7.14. The molecule has 0 spiro atoms. The van der Waals surface area contributed by atoms with Crippen molar-refractivity contribution in [2.75, 3.05) is 37.0 Å². The van der Waals surface area contributed by atoms with E-state index < -0.39 is 27.6 Å². The summed E-state index contributed by atoms with van der Waals surface area (Å²) in [7, 11) is -3.35. The number of benzene rings is 3. The van der Waals surface area contributed by atoms with Gasteiger partial charge in [0, 0.05) is 30.3 Å². The van der Waals surface area contributed by atoms with Crippen LogP contribution in [0.1, 0.15) is 40.9 Å². The molecule has 0 bridgehead atoms. The van der Waals surface area contributed by atoms with E-state index in [9.17, 15) is 31.5 Å². The summed E-state index contributed by atoms with van der Waals surface area (Å²) in [6.07, 6.45) is -3.52. The van der Waals surface area contributed by atoms with Gasteiger partial charge in [0.15, 0.2) is 9.84 Å². The Balaban J connectivity index is 1.30. The monoisotopic (exact) mass is 576 g/mol. The lowest BCUT2D eigenvalue weighted by molar-refractivity contribution is -0.137. The quantitative estimate of drug-likeness (QED) is 0.358. The van der Waals surface area contributed by atoms with Crippen LogP contribution in [0.25, 0.3) is 0 Å². The van der Waals surface area contributed by atoms with Crippen LogP contribution >= 0.6 is 0 Å². The number of aliphatic hydroxyl groups is 1. The average Bonchev–Trinajstić information content (AvgIpc) is 3.44. The van der Waals surface area contributed by atoms with E-state index in [4.69, 9.17) is 4.74 Å². The summed E-state index contributed by atoms with van der Waals surface area (Å²) in [6.45, 7) is 3.09. The Bertz CT molecular complexity index is 1390. The van der Waals surface area contributed by atoms with Gasteiger partial charge in [-0.25, -0.2) is 8.42 Å². The number of halogens is 3. The molecule has 0 radical (unpaired) electrons. The average molecular weight is 577 g/mol. The third-order valence-corrected chi connectivity index (χ3v) is 8.71. The molecule has 1 amide bonds. The SMILES string of the molecule is CCS(=O)(=O)c1ccc([C@H](CO)NC(=O)c2ccc(N3CCC(COc4ccc(C(F)(F)F)cc4)C3)cc2)cc1. The van der Waals surface area contributed by atoms with E-state index in [1.807, 2.05) is 12.1 Å². The summed E-state index contributed by atoms with van der Waals surface area (Å²) in [5.74, 6) is 0.205. The van der Waals surface area contributed by atoms with Crippen molar-refractivity contribution in [2.24, 2.45) is 5.92 Å². The lowest BCUT2D eigenvalue weighted by atomic mass is 10.1. The number of ether oxygens (including phenoxy) is 1. The Kier molecular flexibility index (Phi) is 9.05. The first-order valence-corrected chi connectivity index (χ1v) is 14.5. The molecule has 1 unspecified atom stereocenters. The van der Waals surface area contributed by atoms with Gasteiger partial charge in [0.05, 0.1) is 35.5 Å². The highest BCUT2D eigenvalue weighted by molar-refractivity contribution is 7.91. The number of carbonyl (C=O) groups excluding carboxylic acids is 1. The summed E-state index contributed by atoms with van der Waals surface area (Å²) in [6, 6.07) is 17.1. The molecule has 0 aromatic heterocycles. The van der Waals surface area contributed by atoms with Crippen LogP contribution in [0.4, 0.5) is 18.9 Å². The molecule has 0 aliphatic carbocycles. The number of nitrogens with one attached hydrogen (secondary N) is 1. The van der Waals surface area contributed by atoms with Crippen LogP contribution in [0.2, 0.25) is 0 Å². The molecule has 1 saturated heterocycles. The van der Waals surface area contributed by atoms with Gasteiger partial charge in [-0.2, -0.15) is 13.2 Å². The minimum atomic E-state index is -4.38. The van der Waals surface area contributed by atoms with E-state index in [1.54, 1.807) is 31.2 Å². The predicted octanol–water partition coefficient (Wildman–Crippen LogP) is 4.87. The molecular weight excluding hydrogens is 545 g/mol. The van der Waals surface area contributed by atoms with Gasteiger partial charge >= 0.3 is 6.18 Å². The summed E-state index contributed by atoms with van der Waals surface area (Å²) < 4.78 is 67.9. The molecule has 1 aliphatic rings. The summed E-state index contributed by atoms with van der Waals surface area (Å²) in [5.41, 5.74) is 1.22. The molecule has 3 aromatic rings. The van der Waals surface area contributed by atoms with E-state index in [2.05, 4.69) is 10.2 Å². The Hall–Kier alpha value is -3.57. The molecule has 2 N–H and O–H groups in total. The standard InChI is InChI=1S/C29H31F3N2O5S/c1-2-40(37,38)26-13-5-21(6-14-26)27(18-35)33-28(36)22-3-9-24(10-4-22)34-16-15-20(17-34)19-39-25-11-7-23(8-12-25)29(30,31)32/h3-14,20,27,35H,2,15-19H2,1H3,(H,33,36)/t20?,27-/m0/s1. The zero-order valence-electron chi connectivity index (χ0n) is 21.9. The number of rotatable bonds is 10. The minimum absolute atomic E-state index is 0.0168. The molecular formula is C29H31F3N2O5S. The van der Waals surface area contributed by atoms with Crippen molar-refractivity contribution in [3.8, 4) is 5.75 Å². The molecule has 7 nitrogen and oxygen atoms in total. The van der Waals surface area contributed by atoms with Gasteiger partial charge in [-0.1, -0.05) is 19.1 Å². The molecule has 1 aliphatic heterocycles. The molecule has 214 valence electrons. The van der Waals surface area contributed by atoms with Gasteiger partial charge in [-0.15, -0.1) is 0 Å². The predicted molar refractivity (Wildman–Crippen MR) is 145 cm³/mol. The van der Waals surface area contributed by atoms with Crippen molar-refractivity contribution < 1.29 is 36.2 Å². The Labute approximate surface area is 231 Å². The van der Waals surface area contributed by atoms with Crippen LogP contribution in [0.5, 0.6) is 5.75 Å². The first-order valence-electron chi connectivity index (χ1n) is 12.9. The lowest BCUT2D eigenvalue weighted by Crippen LogP contribution is -2.30. The summed E-state index contributed by atoms with van der Waals surface area (Å²) >= 11 is 0. The van der Waals surface area contributed by atoms with E-state index in [0.717, 1.165) is 30.8 Å². The molecule has 4 rings (SSSR count). The van der Waals surface area contributed by atoms with Gasteiger partial charge in [0.25, 0.3) is 5.91 Å². The van der Waals surface area contributed by atoms with Gasteiger partial charge in [0.1, 0.15) is 5.75 Å². The van der Waals surface area contributed by atoms with Crippen LogP contribution in [-0.4, -0.2) is 51.5 Å². The highest BCUT2D eigenvalue weighted by atomic mass is 32.2. The minimum Gasteiger partial charge on any atom is -0.493 e. The fourth-order valence-corrected chi connectivity index (χ4v) is 5.42. The summed E-state index contributed by atoms with van der Waals surface area (Å²) in [5, 5.41) is 12.6. The van der Waals surface area contributed by atoms with Crippen LogP contribution in [-0.2, 0) is 16.0 Å². The van der Waals surface area contributed by atoms with Gasteiger partial charge in [0.2, 0.25) is 0 Å². The highest BCUT2D eigenvalue weighted by Gasteiger charge is 2.30. The number of aliphatic hydroxyl groups excluding tert-OH is 1. The van der Waals surface area contributed by atoms with Crippen molar-refractivity contribution in [3.05, 3.63) is 89.5 Å². The fourth-order valence-electron chi connectivity index (χ4n) is 4.53. The van der Waals surface area contributed by atoms with Gasteiger partial charge in [-0.05, 0) is 72.6 Å². The number of carbonyl (C=O) groups is 1. The fraction of sp³-hybridized carbons (Fsp3) is 0.345. The molecule has 3 aromatic carbocycles. The van der Waals surface area contributed by atoms with Crippen molar-refractivity contribution >= 4 is 21.4 Å². The second-order valence-corrected chi connectivity index (χ2v) is 11.9. The van der Waals surface area contributed by atoms with Crippen molar-refractivity contribution in [2.45, 2.75) is 30.5 Å². The van der Waals surface area contributed by atoms with Crippen LogP contribution < -0.4 is 15.0 Å². The number of nitrogens with zero attached hydrogens (tertiary/aromatic N) is 1.